The van der Waals surface area contributed by atoms with Gasteiger partial charge in [0.15, 0.2) is 0 Å². The third-order valence-corrected chi connectivity index (χ3v) is 5.17. The lowest BCUT2D eigenvalue weighted by Crippen LogP contribution is -2.30. The molecule has 1 atom stereocenters. The molecule has 0 aliphatic heterocycles. The third kappa shape index (κ3) is 4.92. The van der Waals surface area contributed by atoms with Crippen LogP contribution in [0, 0.1) is 0 Å². The van der Waals surface area contributed by atoms with Crippen molar-refractivity contribution in [1.82, 2.24) is 25.5 Å². The summed E-state index contributed by atoms with van der Waals surface area (Å²) in [6.07, 6.45) is 2.13. The molecule has 1 heterocycles. The van der Waals surface area contributed by atoms with E-state index in [0.717, 1.165) is 28.3 Å². The highest BCUT2D eigenvalue weighted by molar-refractivity contribution is 5.94. The van der Waals surface area contributed by atoms with E-state index in [1.807, 2.05) is 48.5 Å². The van der Waals surface area contributed by atoms with Gasteiger partial charge in [0, 0.05) is 5.56 Å². The van der Waals surface area contributed by atoms with Crippen molar-refractivity contribution in [3.05, 3.63) is 95.8 Å². The van der Waals surface area contributed by atoms with Crippen molar-refractivity contribution < 1.29 is 14.3 Å². The van der Waals surface area contributed by atoms with Gasteiger partial charge in [0.05, 0.1) is 25.9 Å². The Morgan fingerprint density at radius 3 is 2.09 bits per heavy atom. The Balaban J connectivity index is 1.54. The fourth-order valence-electron chi connectivity index (χ4n) is 3.37. The maximum atomic E-state index is 13.0. The van der Waals surface area contributed by atoms with E-state index in [2.05, 4.69) is 20.8 Å². The van der Waals surface area contributed by atoms with Crippen LogP contribution in [0.15, 0.2) is 79.1 Å². The molecule has 1 N–H and O–H groups in total. The van der Waals surface area contributed by atoms with E-state index < -0.39 is 0 Å². The Labute approximate surface area is 185 Å². The van der Waals surface area contributed by atoms with E-state index in [1.54, 1.807) is 38.5 Å². The standard InChI is InChI=1S/C24H23N5O3/c1-31-21-11-3-17(4-12-21)15-23(18-7-13-22(32-2)14-8-18)26-24(30)19-5-9-20(10-6-19)29-16-25-27-28-29/h3-14,16,23H,15H2,1-2H3,(H,26,30). The molecule has 162 valence electrons. The van der Waals surface area contributed by atoms with Crippen LogP contribution in [0.2, 0.25) is 0 Å². The summed E-state index contributed by atoms with van der Waals surface area (Å²) >= 11 is 0. The summed E-state index contributed by atoms with van der Waals surface area (Å²) < 4.78 is 12.0. The van der Waals surface area contributed by atoms with Crippen molar-refractivity contribution in [2.24, 2.45) is 0 Å². The van der Waals surface area contributed by atoms with E-state index >= 15 is 0 Å². The van der Waals surface area contributed by atoms with E-state index in [0.29, 0.717) is 12.0 Å². The lowest BCUT2D eigenvalue weighted by molar-refractivity contribution is 0.0936. The van der Waals surface area contributed by atoms with Crippen LogP contribution in [0.25, 0.3) is 5.69 Å². The molecule has 4 rings (SSSR count). The number of methoxy groups -OCH3 is 2. The zero-order chi connectivity index (χ0) is 22.3. The number of hydrogen-bond acceptors (Lipinski definition) is 6. The van der Waals surface area contributed by atoms with E-state index in [4.69, 9.17) is 9.47 Å². The number of nitrogens with one attached hydrogen (secondary N) is 1. The quantitative estimate of drug-likeness (QED) is 0.462. The highest BCUT2D eigenvalue weighted by Gasteiger charge is 2.17. The van der Waals surface area contributed by atoms with Gasteiger partial charge < -0.3 is 14.8 Å². The molecular formula is C24H23N5O3. The molecule has 1 amide bonds. The summed E-state index contributed by atoms with van der Waals surface area (Å²) in [5, 5.41) is 14.3. The second-order valence-corrected chi connectivity index (χ2v) is 7.15. The van der Waals surface area contributed by atoms with Crippen LogP contribution in [-0.2, 0) is 6.42 Å². The molecule has 0 spiro atoms. The van der Waals surface area contributed by atoms with Crippen LogP contribution in [0.5, 0.6) is 11.5 Å². The molecule has 0 fully saturated rings. The number of tetrazole rings is 1. The van der Waals surface area contributed by atoms with Crippen molar-refractivity contribution in [3.63, 3.8) is 0 Å². The number of carbonyl (C=O) groups excluding carboxylic acids is 1. The van der Waals surface area contributed by atoms with Crippen molar-refractivity contribution in [3.8, 4) is 17.2 Å². The second-order valence-electron chi connectivity index (χ2n) is 7.15. The average molecular weight is 429 g/mol. The Morgan fingerprint density at radius 2 is 1.53 bits per heavy atom. The van der Waals surface area contributed by atoms with Crippen molar-refractivity contribution in [2.75, 3.05) is 14.2 Å². The molecule has 0 saturated carbocycles. The lowest BCUT2D eigenvalue weighted by atomic mass is 9.98. The number of amides is 1. The molecule has 0 saturated heterocycles. The van der Waals surface area contributed by atoms with Crippen molar-refractivity contribution in [1.29, 1.82) is 0 Å². The summed E-state index contributed by atoms with van der Waals surface area (Å²) in [6.45, 7) is 0. The molecule has 0 radical (unpaired) electrons. The summed E-state index contributed by atoms with van der Waals surface area (Å²) in [5.74, 6) is 1.39. The molecule has 1 unspecified atom stereocenters. The predicted molar refractivity (Wildman–Crippen MR) is 119 cm³/mol. The van der Waals surface area contributed by atoms with E-state index in [9.17, 15) is 4.79 Å². The predicted octanol–water partition coefficient (Wildman–Crippen LogP) is 3.39. The maximum absolute atomic E-state index is 13.0. The number of aromatic nitrogens is 4. The van der Waals surface area contributed by atoms with Gasteiger partial charge >= 0.3 is 0 Å². The van der Waals surface area contributed by atoms with Gasteiger partial charge in [0.2, 0.25) is 0 Å². The zero-order valence-corrected chi connectivity index (χ0v) is 17.8. The Hall–Kier alpha value is -4.20. The molecule has 1 aromatic heterocycles. The van der Waals surface area contributed by atoms with Crippen LogP contribution < -0.4 is 14.8 Å². The normalized spacial score (nSPS) is 11.6. The SMILES string of the molecule is COc1ccc(CC(NC(=O)c2ccc(-n3cnnn3)cc2)c2ccc(OC)cc2)cc1. The molecule has 4 aromatic rings. The topological polar surface area (TPSA) is 91.2 Å². The molecule has 32 heavy (non-hydrogen) atoms. The minimum Gasteiger partial charge on any atom is -0.497 e. The molecule has 8 heteroatoms. The lowest BCUT2D eigenvalue weighted by Gasteiger charge is -2.20. The number of carbonyl (C=O) groups is 1. The highest BCUT2D eigenvalue weighted by atomic mass is 16.5. The second kappa shape index (κ2) is 9.74. The zero-order valence-electron chi connectivity index (χ0n) is 17.8. The fourth-order valence-corrected chi connectivity index (χ4v) is 3.37. The third-order valence-electron chi connectivity index (χ3n) is 5.17. The maximum Gasteiger partial charge on any atom is 0.251 e. The van der Waals surface area contributed by atoms with Crippen molar-refractivity contribution >= 4 is 5.91 Å². The molecule has 0 aliphatic carbocycles. The van der Waals surface area contributed by atoms with Gasteiger partial charge in [-0.25, -0.2) is 4.68 Å². The number of rotatable bonds is 8. The van der Waals surface area contributed by atoms with E-state index in [-0.39, 0.29) is 11.9 Å². The number of benzene rings is 3. The van der Waals surface area contributed by atoms with Crippen LogP contribution in [-0.4, -0.2) is 40.3 Å². The van der Waals surface area contributed by atoms with Crippen LogP contribution in [0.1, 0.15) is 27.5 Å². The Bertz CT molecular complexity index is 1140. The number of nitrogens with zero attached hydrogens (tertiary/aromatic N) is 4. The van der Waals surface area contributed by atoms with Crippen molar-refractivity contribution in [2.45, 2.75) is 12.5 Å². The summed E-state index contributed by atoms with van der Waals surface area (Å²) in [6, 6.07) is 22.4. The Morgan fingerprint density at radius 1 is 0.906 bits per heavy atom. The van der Waals surface area contributed by atoms with Gasteiger partial charge in [-0.1, -0.05) is 24.3 Å². The first-order valence-corrected chi connectivity index (χ1v) is 10.1. The number of hydrogen-bond donors (Lipinski definition) is 1. The highest BCUT2D eigenvalue weighted by Crippen LogP contribution is 2.23. The average Bonchev–Trinajstić information content (AvgIpc) is 3.39. The number of ether oxygens (including phenoxy) is 2. The monoisotopic (exact) mass is 429 g/mol. The van der Waals surface area contributed by atoms with E-state index in [1.165, 1.54) is 11.0 Å². The van der Waals surface area contributed by atoms with Gasteiger partial charge in [-0.15, -0.1) is 5.10 Å². The minimum atomic E-state index is -0.221. The van der Waals surface area contributed by atoms with Gasteiger partial charge in [0.25, 0.3) is 5.91 Å². The van der Waals surface area contributed by atoms with Gasteiger partial charge in [0.1, 0.15) is 17.8 Å². The van der Waals surface area contributed by atoms with Gasteiger partial charge in [-0.3, -0.25) is 4.79 Å². The fraction of sp³-hybridized carbons (Fsp3) is 0.167. The summed E-state index contributed by atoms with van der Waals surface area (Å²) in [5.41, 5.74) is 3.40. The molecule has 0 aliphatic rings. The first-order valence-electron chi connectivity index (χ1n) is 10.1. The molecule has 0 bridgehead atoms. The van der Waals surface area contributed by atoms with Gasteiger partial charge in [-0.2, -0.15) is 0 Å². The first kappa shape index (κ1) is 21.0. The smallest absolute Gasteiger partial charge is 0.251 e. The largest absolute Gasteiger partial charge is 0.497 e. The molecule has 8 nitrogen and oxygen atoms in total. The van der Waals surface area contributed by atoms with Crippen LogP contribution >= 0.6 is 0 Å². The first-order chi connectivity index (χ1) is 15.7. The Kier molecular flexibility index (Phi) is 6.41. The van der Waals surface area contributed by atoms with Crippen LogP contribution in [0.4, 0.5) is 0 Å². The van der Waals surface area contributed by atoms with Crippen LogP contribution in [0.3, 0.4) is 0 Å². The molecule has 3 aromatic carbocycles. The molecular weight excluding hydrogens is 406 g/mol. The minimum absolute atomic E-state index is 0.164. The summed E-state index contributed by atoms with van der Waals surface area (Å²) in [4.78, 5) is 13.0. The summed E-state index contributed by atoms with van der Waals surface area (Å²) in [7, 11) is 3.27. The van der Waals surface area contributed by atoms with Gasteiger partial charge in [-0.05, 0) is 76.5 Å².